The average Bonchev–Trinajstić information content (AvgIpc) is 3.12. The zero-order valence-corrected chi connectivity index (χ0v) is 15.0. The van der Waals surface area contributed by atoms with Crippen molar-refractivity contribution < 1.29 is 9.53 Å². The summed E-state index contributed by atoms with van der Waals surface area (Å²) >= 11 is 0. The van der Waals surface area contributed by atoms with Crippen LogP contribution in [0.25, 0.3) is 22.3 Å². The van der Waals surface area contributed by atoms with Crippen LogP contribution in [0.4, 0.5) is 5.82 Å². The van der Waals surface area contributed by atoms with E-state index in [0.29, 0.717) is 17.1 Å². The maximum atomic E-state index is 11.9. The van der Waals surface area contributed by atoms with E-state index >= 15 is 0 Å². The summed E-state index contributed by atoms with van der Waals surface area (Å²) in [5.74, 6) is 0.521. The Labute approximate surface area is 152 Å². The zero-order chi connectivity index (χ0) is 18.1. The molecular weight excluding hydrogens is 326 g/mol. The first kappa shape index (κ1) is 16.5. The molecule has 4 rings (SSSR count). The fourth-order valence-corrected chi connectivity index (χ4v) is 3.53. The third-order valence-electron chi connectivity index (χ3n) is 4.94. The molecule has 132 valence electrons. The van der Waals surface area contributed by atoms with E-state index in [1.165, 1.54) is 7.11 Å². The number of carbonyl (C=O) groups excluding carboxylic acids is 1. The van der Waals surface area contributed by atoms with Gasteiger partial charge in [0.2, 0.25) is 0 Å². The minimum Gasteiger partial charge on any atom is -0.465 e. The number of rotatable bonds is 3. The molecule has 0 N–H and O–H groups in total. The van der Waals surface area contributed by atoms with Crippen LogP contribution in [0.1, 0.15) is 30.1 Å². The second-order valence-corrected chi connectivity index (χ2v) is 6.64. The van der Waals surface area contributed by atoms with Gasteiger partial charge in [0.1, 0.15) is 5.69 Å². The van der Waals surface area contributed by atoms with Crippen molar-refractivity contribution in [3.8, 4) is 11.3 Å². The van der Waals surface area contributed by atoms with Crippen molar-refractivity contribution in [2.45, 2.75) is 25.8 Å². The lowest BCUT2D eigenvalue weighted by Gasteiger charge is -2.25. The van der Waals surface area contributed by atoms with Crippen molar-refractivity contribution in [2.75, 3.05) is 18.6 Å². The molecule has 0 spiro atoms. The summed E-state index contributed by atoms with van der Waals surface area (Å²) in [6.45, 7) is 3.19. The van der Waals surface area contributed by atoms with E-state index in [2.05, 4.69) is 24.0 Å². The van der Waals surface area contributed by atoms with Crippen LogP contribution in [-0.4, -0.2) is 35.6 Å². The smallest absolute Gasteiger partial charge is 0.337 e. The van der Waals surface area contributed by atoms with Crippen LogP contribution >= 0.6 is 0 Å². The third-order valence-corrected chi connectivity index (χ3v) is 4.94. The van der Waals surface area contributed by atoms with Crippen LogP contribution in [0.15, 0.2) is 48.5 Å². The maximum absolute atomic E-state index is 11.9. The second-order valence-electron chi connectivity index (χ2n) is 6.64. The minimum absolute atomic E-state index is 0.364. The first-order valence-electron chi connectivity index (χ1n) is 8.89. The molecule has 2 aromatic carbocycles. The summed E-state index contributed by atoms with van der Waals surface area (Å²) in [4.78, 5) is 24.0. The van der Waals surface area contributed by atoms with Crippen LogP contribution in [0, 0.1) is 0 Å². The molecule has 0 radical (unpaired) electrons. The van der Waals surface area contributed by atoms with Crippen molar-refractivity contribution >= 4 is 22.8 Å². The Bertz CT molecular complexity index is 956. The fourth-order valence-electron chi connectivity index (χ4n) is 3.53. The predicted molar refractivity (Wildman–Crippen MR) is 102 cm³/mol. The standard InChI is InChI=1S/C21H21N3O2/c1-14-7-6-12-24(14)20-19(15-8-4-3-5-9-15)22-17-11-10-16(21(25)26-2)13-18(17)23-20/h3-5,8-11,13-14H,6-7,12H2,1-2H3/t14-/m0/s1. The number of aromatic nitrogens is 2. The van der Waals surface area contributed by atoms with E-state index in [-0.39, 0.29) is 5.97 Å². The molecule has 5 heteroatoms. The number of esters is 1. The van der Waals surface area contributed by atoms with Crippen molar-refractivity contribution in [1.82, 2.24) is 9.97 Å². The van der Waals surface area contributed by atoms with Gasteiger partial charge in [-0.2, -0.15) is 0 Å². The molecule has 0 bridgehead atoms. The molecule has 1 aliphatic rings. The minimum atomic E-state index is -0.364. The Kier molecular flexibility index (Phi) is 4.29. The Morgan fingerprint density at radius 2 is 1.92 bits per heavy atom. The van der Waals surface area contributed by atoms with Crippen molar-refractivity contribution in [2.24, 2.45) is 0 Å². The van der Waals surface area contributed by atoms with Gasteiger partial charge in [-0.25, -0.2) is 14.8 Å². The summed E-state index contributed by atoms with van der Waals surface area (Å²) in [7, 11) is 1.38. The highest BCUT2D eigenvalue weighted by Crippen LogP contribution is 2.33. The lowest BCUT2D eigenvalue weighted by molar-refractivity contribution is 0.0601. The normalized spacial score (nSPS) is 16.8. The summed E-state index contributed by atoms with van der Waals surface area (Å²) in [6, 6.07) is 15.9. The van der Waals surface area contributed by atoms with E-state index in [1.807, 2.05) is 24.3 Å². The lowest BCUT2D eigenvalue weighted by Crippen LogP contribution is -2.28. The molecule has 2 heterocycles. The van der Waals surface area contributed by atoms with Crippen molar-refractivity contribution in [1.29, 1.82) is 0 Å². The summed E-state index contributed by atoms with van der Waals surface area (Å²) in [5, 5.41) is 0. The Morgan fingerprint density at radius 3 is 2.62 bits per heavy atom. The van der Waals surface area contributed by atoms with Crippen molar-refractivity contribution in [3.05, 3.63) is 54.1 Å². The number of ether oxygens (including phenoxy) is 1. The molecule has 1 fully saturated rings. The van der Waals surface area contributed by atoms with Gasteiger partial charge in [0.25, 0.3) is 0 Å². The molecule has 26 heavy (non-hydrogen) atoms. The summed E-state index contributed by atoms with van der Waals surface area (Å²) in [6.07, 6.45) is 2.30. The molecule has 1 saturated heterocycles. The Balaban J connectivity index is 1.92. The number of benzene rings is 2. The highest BCUT2D eigenvalue weighted by Gasteiger charge is 2.26. The number of hydrogen-bond acceptors (Lipinski definition) is 5. The van der Waals surface area contributed by atoms with Gasteiger partial charge in [-0.15, -0.1) is 0 Å². The number of methoxy groups -OCH3 is 1. The summed E-state index contributed by atoms with van der Waals surface area (Å²) < 4.78 is 4.83. The molecule has 1 aromatic heterocycles. The molecule has 1 aliphatic heterocycles. The van der Waals surface area contributed by atoms with E-state index in [4.69, 9.17) is 14.7 Å². The third kappa shape index (κ3) is 2.90. The molecule has 0 aliphatic carbocycles. The SMILES string of the molecule is COC(=O)c1ccc2nc(-c3ccccc3)c(N3CCC[C@@H]3C)nc2c1. The Morgan fingerprint density at radius 1 is 1.12 bits per heavy atom. The van der Waals surface area contributed by atoms with Crippen molar-refractivity contribution in [3.63, 3.8) is 0 Å². The highest BCUT2D eigenvalue weighted by molar-refractivity contribution is 5.94. The van der Waals surface area contributed by atoms with Gasteiger partial charge >= 0.3 is 5.97 Å². The highest BCUT2D eigenvalue weighted by atomic mass is 16.5. The quantitative estimate of drug-likeness (QED) is 0.669. The first-order chi connectivity index (χ1) is 12.7. The average molecular weight is 347 g/mol. The van der Waals surface area contributed by atoms with Gasteiger partial charge in [0.05, 0.1) is 23.7 Å². The first-order valence-corrected chi connectivity index (χ1v) is 8.89. The monoisotopic (exact) mass is 347 g/mol. The van der Waals surface area contributed by atoms with Gasteiger partial charge in [-0.05, 0) is 38.0 Å². The van der Waals surface area contributed by atoms with Crippen LogP contribution < -0.4 is 4.90 Å². The topological polar surface area (TPSA) is 55.3 Å². The molecule has 3 aromatic rings. The van der Waals surface area contributed by atoms with Gasteiger partial charge in [-0.3, -0.25) is 0 Å². The molecule has 0 saturated carbocycles. The summed E-state index contributed by atoms with van der Waals surface area (Å²) in [5.41, 5.74) is 3.90. The van der Waals surface area contributed by atoms with E-state index in [9.17, 15) is 4.79 Å². The molecule has 0 unspecified atom stereocenters. The molecule has 1 atom stereocenters. The molecule has 0 amide bonds. The Hall–Kier alpha value is -2.95. The van der Waals surface area contributed by atoms with E-state index in [0.717, 1.165) is 42.0 Å². The van der Waals surface area contributed by atoms with Gasteiger partial charge in [-0.1, -0.05) is 30.3 Å². The number of anilines is 1. The van der Waals surface area contributed by atoms with Gasteiger partial charge < -0.3 is 9.64 Å². The number of hydrogen-bond donors (Lipinski definition) is 0. The predicted octanol–water partition coefficient (Wildman–Crippen LogP) is 4.07. The molecule has 5 nitrogen and oxygen atoms in total. The number of fused-ring (bicyclic) bond motifs is 1. The van der Waals surface area contributed by atoms with Crippen LogP contribution in [0.3, 0.4) is 0 Å². The van der Waals surface area contributed by atoms with Gasteiger partial charge in [0, 0.05) is 18.2 Å². The number of nitrogens with zero attached hydrogens (tertiary/aromatic N) is 3. The lowest BCUT2D eigenvalue weighted by atomic mass is 10.1. The van der Waals surface area contributed by atoms with Gasteiger partial charge in [0.15, 0.2) is 5.82 Å². The second kappa shape index (κ2) is 6.75. The largest absolute Gasteiger partial charge is 0.465 e. The molecular formula is C21H21N3O2. The number of carbonyl (C=O) groups is 1. The van der Waals surface area contributed by atoms with Crippen LogP contribution in [0.2, 0.25) is 0 Å². The van der Waals surface area contributed by atoms with Crippen LogP contribution in [-0.2, 0) is 4.74 Å². The zero-order valence-electron chi connectivity index (χ0n) is 15.0. The van der Waals surface area contributed by atoms with E-state index < -0.39 is 0 Å². The van der Waals surface area contributed by atoms with E-state index in [1.54, 1.807) is 12.1 Å². The van der Waals surface area contributed by atoms with Crippen LogP contribution in [0.5, 0.6) is 0 Å². The fraction of sp³-hybridized carbons (Fsp3) is 0.286. The maximum Gasteiger partial charge on any atom is 0.337 e.